The molecule has 0 heterocycles. The SMILES string of the molecule is O=C(O)CCC(CP(=O)(O)C(O)c1ccccc1)C(=O)O. The van der Waals surface area contributed by atoms with Crippen LogP contribution in [0, 0.1) is 5.92 Å². The molecule has 0 aliphatic rings. The minimum atomic E-state index is -4.19. The fourth-order valence-electron chi connectivity index (χ4n) is 1.86. The second-order valence-electron chi connectivity index (χ2n) is 4.69. The van der Waals surface area contributed by atoms with Crippen LogP contribution in [0.25, 0.3) is 0 Å². The molecule has 0 aliphatic carbocycles. The number of carbonyl (C=O) groups is 2. The molecule has 0 fully saturated rings. The Morgan fingerprint density at radius 1 is 1.14 bits per heavy atom. The Balaban J connectivity index is 2.83. The number of aliphatic hydroxyl groups is 1. The van der Waals surface area contributed by atoms with Crippen molar-refractivity contribution in [3.8, 4) is 0 Å². The summed E-state index contributed by atoms with van der Waals surface area (Å²) < 4.78 is 12.2. The molecule has 4 N–H and O–H groups in total. The van der Waals surface area contributed by atoms with E-state index < -0.39 is 43.7 Å². The second kappa shape index (κ2) is 7.36. The van der Waals surface area contributed by atoms with E-state index in [4.69, 9.17) is 10.2 Å². The Bertz CT molecular complexity index is 543. The van der Waals surface area contributed by atoms with Gasteiger partial charge in [0.2, 0.25) is 7.37 Å². The van der Waals surface area contributed by atoms with Crippen LogP contribution in [0.1, 0.15) is 24.3 Å². The Labute approximate surface area is 121 Å². The fraction of sp³-hybridized carbons (Fsp3) is 0.385. The van der Waals surface area contributed by atoms with Crippen molar-refractivity contribution < 1.29 is 34.4 Å². The van der Waals surface area contributed by atoms with Crippen molar-refractivity contribution in [1.82, 2.24) is 0 Å². The standard InChI is InChI=1S/C13H17O7P/c14-11(15)7-6-10(12(16)17)8-21(19,20)13(18)9-4-2-1-3-5-9/h1-5,10,13,18H,6-8H2,(H,14,15)(H,16,17)(H,19,20). The number of benzene rings is 1. The zero-order chi connectivity index (χ0) is 16.0. The zero-order valence-electron chi connectivity index (χ0n) is 11.1. The van der Waals surface area contributed by atoms with Crippen molar-refractivity contribution in [3.63, 3.8) is 0 Å². The third-order valence-electron chi connectivity index (χ3n) is 3.02. The summed E-state index contributed by atoms with van der Waals surface area (Å²) in [7, 11) is -4.19. The van der Waals surface area contributed by atoms with E-state index >= 15 is 0 Å². The molecule has 1 rings (SSSR count). The van der Waals surface area contributed by atoms with E-state index in [1.807, 2.05) is 0 Å². The highest BCUT2D eigenvalue weighted by atomic mass is 31.2. The van der Waals surface area contributed by atoms with Gasteiger partial charge < -0.3 is 20.2 Å². The van der Waals surface area contributed by atoms with Gasteiger partial charge in [-0.1, -0.05) is 30.3 Å². The molecule has 0 bridgehead atoms. The molecule has 116 valence electrons. The van der Waals surface area contributed by atoms with Gasteiger partial charge in [-0.15, -0.1) is 0 Å². The zero-order valence-corrected chi connectivity index (χ0v) is 12.0. The van der Waals surface area contributed by atoms with E-state index in [1.165, 1.54) is 12.1 Å². The van der Waals surface area contributed by atoms with Crippen LogP contribution in [0.3, 0.4) is 0 Å². The van der Waals surface area contributed by atoms with Crippen LogP contribution in [-0.2, 0) is 14.2 Å². The summed E-state index contributed by atoms with van der Waals surface area (Å²) in [5, 5.41) is 27.5. The number of hydrogen-bond acceptors (Lipinski definition) is 4. The van der Waals surface area contributed by atoms with Gasteiger partial charge in [0.25, 0.3) is 0 Å². The van der Waals surface area contributed by atoms with Gasteiger partial charge in [-0.25, -0.2) is 0 Å². The number of carboxylic acids is 2. The lowest BCUT2D eigenvalue weighted by molar-refractivity contribution is -0.142. The van der Waals surface area contributed by atoms with E-state index in [0.717, 1.165) is 0 Å². The first kappa shape index (κ1) is 17.4. The molecular weight excluding hydrogens is 299 g/mol. The number of aliphatic carboxylic acids is 2. The summed E-state index contributed by atoms with van der Waals surface area (Å²) in [6.07, 6.45) is -1.36. The molecule has 8 heteroatoms. The molecule has 7 nitrogen and oxygen atoms in total. The van der Waals surface area contributed by atoms with Gasteiger partial charge in [0.05, 0.1) is 5.92 Å². The molecule has 0 spiro atoms. The summed E-state index contributed by atoms with van der Waals surface area (Å²) in [6, 6.07) is 7.75. The van der Waals surface area contributed by atoms with Crippen molar-refractivity contribution >= 4 is 19.3 Å². The highest BCUT2D eigenvalue weighted by Gasteiger charge is 2.36. The third-order valence-corrected chi connectivity index (χ3v) is 5.04. The van der Waals surface area contributed by atoms with Gasteiger partial charge in [-0.05, 0) is 12.0 Å². The second-order valence-corrected chi connectivity index (χ2v) is 7.06. The monoisotopic (exact) mass is 316 g/mol. The first-order chi connectivity index (χ1) is 9.74. The first-order valence-corrected chi connectivity index (χ1v) is 8.14. The summed E-state index contributed by atoms with van der Waals surface area (Å²) in [5.41, 5.74) is 0.214. The van der Waals surface area contributed by atoms with Gasteiger partial charge in [0, 0.05) is 12.6 Å². The number of rotatable bonds is 8. The van der Waals surface area contributed by atoms with E-state index in [2.05, 4.69) is 0 Å². The molecule has 0 aromatic heterocycles. The van der Waals surface area contributed by atoms with Gasteiger partial charge >= 0.3 is 11.9 Å². The predicted molar refractivity (Wildman–Crippen MR) is 74.1 cm³/mol. The molecule has 0 saturated carbocycles. The Morgan fingerprint density at radius 3 is 2.19 bits per heavy atom. The maximum atomic E-state index is 12.2. The van der Waals surface area contributed by atoms with Crippen molar-refractivity contribution in [3.05, 3.63) is 35.9 Å². The molecular formula is C13H17O7P. The van der Waals surface area contributed by atoms with E-state index in [-0.39, 0.29) is 12.0 Å². The fourth-order valence-corrected chi connectivity index (χ4v) is 3.67. The van der Waals surface area contributed by atoms with Crippen molar-refractivity contribution in [1.29, 1.82) is 0 Å². The number of aliphatic hydroxyl groups excluding tert-OH is 1. The lowest BCUT2D eigenvalue weighted by Crippen LogP contribution is -2.21. The minimum Gasteiger partial charge on any atom is -0.481 e. The van der Waals surface area contributed by atoms with Crippen LogP contribution in [-0.4, -0.2) is 38.3 Å². The average Bonchev–Trinajstić information content (AvgIpc) is 2.43. The highest BCUT2D eigenvalue weighted by Crippen LogP contribution is 2.55. The summed E-state index contributed by atoms with van der Waals surface area (Å²) in [6.45, 7) is 0. The first-order valence-electron chi connectivity index (χ1n) is 6.23. The van der Waals surface area contributed by atoms with E-state index in [1.54, 1.807) is 18.2 Å². The quantitative estimate of drug-likeness (QED) is 0.534. The predicted octanol–water partition coefficient (Wildman–Crippen LogP) is 1.51. The molecule has 3 atom stereocenters. The van der Waals surface area contributed by atoms with Gasteiger partial charge in [0.1, 0.15) is 0 Å². The van der Waals surface area contributed by atoms with Crippen LogP contribution >= 0.6 is 7.37 Å². The van der Waals surface area contributed by atoms with Crippen LogP contribution in [0.5, 0.6) is 0 Å². The maximum absolute atomic E-state index is 12.2. The van der Waals surface area contributed by atoms with Gasteiger partial charge in [-0.3, -0.25) is 14.2 Å². The summed E-state index contributed by atoms with van der Waals surface area (Å²) >= 11 is 0. The lowest BCUT2D eigenvalue weighted by atomic mass is 10.1. The van der Waals surface area contributed by atoms with E-state index in [0.29, 0.717) is 0 Å². The third kappa shape index (κ3) is 5.30. The Hall–Kier alpha value is -1.69. The smallest absolute Gasteiger partial charge is 0.307 e. The molecule has 0 amide bonds. The van der Waals surface area contributed by atoms with Crippen LogP contribution in [0.4, 0.5) is 0 Å². The van der Waals surface area contributed by atoms with Gasteiger partial charge in [-0.2, -0.15) is 0 Å². The minimum absolute atomic E-state index is 0.214. The summed E-state index contributed by atoms with van der Waals surface area (Å²) in [4.78, 5) is 31.4. The van der Waals surface area contributed by atoms with Gasteiger partial charge in [0.15, 0.2) is 5.85 Å². The van der Waals surface area contributed by atoms with Crippen LogP contribution in [0.2, 0.25) is 0 Å². The number of hydrogen-bond donors (Lipinski definition) is 4. The summed E-state index contributed by atoms with van der Waals surface area (Å²) in [5.74, 6) is -5.52. The average molecular weight is 316 g/mol. The molecule has 0 aliphatic heterocycles. The maximum Gasteiger partial charge on any atom is 0.307 e. The van der Waals surface area contributed by atoms with Crippen molar-refractivity contribution in [2.24, 2.45) is 5.92 Å². The molecule has 21 heavy (non-hydrogen) atoms. The molecule has 3 unspecified atom stereocenters. The molecule has 1 aromatic carbocycles. The topological polar surface area (TPSA) is 132 Å². The Morgan fingerprint density at radius 2 is 1.71 bits per heavy atom. The van der Waals surface area contributed by atoms with Crippen molar-refractivity contribution in [2.45, 2.75) is 18.7 Å². The van der Waals surface area contributed by atoms with E-state index in [9.17, 15) is 24.2 Å². The van der Waals surface area contributed by atoms with Crippen LogP contribution < -0.4 is 0 Å². The number of carboxylic acid groups (broad SMARTS) is 2. The van der Waals surface area contributed by atoms with Crippen molar-refractivity contribution in [2.75, 3.05) is 6.16 Å². The molecule has 1 aromatic rings. The normalized spacial score (nSPS) is 16.7. The molecule has 0 saturated heterocycles. The Kier molecular flexibility index (Phi) is 6.08. The lowest BCUT2D eigenvalue weighted by Gasteiger charge is -2.21. The highest BCUT2D eigenvalue weighted by molar-refractivity contribution is 7.58. The molecule has 0 radical (unpaired) electrons. The van der Waals surface area contributed by atoms with Crippen LogP contribution in [0.15, 0.2) is 30.3 Å². The largest absolute Gasteiger partial charge is 0.481 e.